The number of halogens is 3. The van der Waals surface area contributed by atoms with Gasteiger partial charge in [0.1, 0.15) is 17.1 Å². The molecule has 17 heteroatoms. The first-order valence-corrected chi connectivity index (χ1v) is 13.8. The summed E-state index contributed by atoms with van der Waals surface area (Å²) in [6.07, 6.45) is -0.373. The molecule has 4 heterocycles. The molecule has 1 aromatic heterocycles. The summed E-state index contributed by atoms with van der Waals surface area (Å²) < 4.78 is 39.4. The molecule has 4 aliphatic rings. The number of likely N-dealkylation sites (tertiary alicyclic amines) is 1. The van der Waals surface area contributed by atoms with Gasteiger partial charge in [0, 0.05) is 31.5 Å². The smallest absolute Gasteiger partial charge is 1.00 e. The monoisotopic (exact) mass is 596 g/mol. The van der Waals surface area contributed by atoms with Crippen LogP contribution in [0.3, 0.4) is 0 Å². The molecule has 1 aliphatic carbocycles. The summed E-state index contributed by atoms with van der Waals surface area (Å²) in [5.74, 6) is -3.38. The van der Waals surface area contributed by atoms with Crippen LogP contribution in [0, 0.1) is 5.92 Å². The van der Waals surface area contributed by atoms with E-state index in [-0.39, 0.29) is 59.3 Å². The van der Waals surface area contributed by atoms with Gasteiger partial charge in [0.2, 0.25) is 17.6 Å². The number of nitrogens with one attached hydrogen (secondary N) is 1. The maximum atomic E-state index is 12.9. The SMILES string of the molecule is Cn1c(SCC(=O)N[C@@H]2C(=O)N3C(C(=O)O)=C(/C=C4\CCN(CC5CC5)C4=O)CS[C@H]23)nnc1C(F)(F)F.[H-].[Na+]. The minimum atomic E-state index is -4.69. The molecule has 3 amide bonds. The average Bonchev–Trinajstić information content (AvgIpc) is 3.50. The first-order chi connectivity index (χ1) is 18.0. The number of thioether (sulfide) groups is 2. The van der Waals surface area contributed by atoms with E-state index in [0.29, 0.717) is 36.6 Å². The third-order valence-electron chi connectivity index (χ3n) is 6.67. The summed E-state index contributed by atoms with van der Waals surface area (Å²) in [6, 6.07) is -0.982. The van der Waals surface area contributed by atoms with Crippen molar-refractivity contribution in [3.8, 4) is 0 Å². The van der Waals surface area contributed by atoms with E-state index in [2.05, 4.69) is 15.5 Å². The first-order valence-electron chi connectivity index (χ1n) is 11.8. The number of β-lactam (4-membered cyclic amide) rings is 1. The number of aromatic nitrogens is 3. The fraction of sp³-hybridized carbons (Fsp3) is 0.545. The molecule has 0 bridgehead atoms. The molecule has 0 spiro atoms. The Hall–Kier alpha value is -2.01. The van der Waals surface area contributed by atoms with Crippen molar-refractivity contribution in [3.05, 3.63) is 28.7 Å². The van der Waals surface area contributed by atoms with Gasteiger partial charge in [0.15, 0.2) is 5.16 Å². The van der Waals surface area contributed by atoms with Crippen LogP contribution in [0.4, 0.5) is 13.2 Å². The number of allylic oxidation sites excluding steroid dienone is 1. The summed E-state index contributed by atoms with van der Waals surface area (Å²) in [5.41, 5.74) is 0.677. The van der Waals surface area contributed by atoms with Gasteiger partial charge in [-0.1, -0.05) is 11.8 Å². The Kier molecular flexibility index (Phi) is 8.81. The molecule has 3 aliphatic heterocycles. The summed E-state index contributed by atoms with van der Waals surface area (Å²) in [7, 11) is 1.13. The van der Waals surface area contributed by atoms with Crippen molar-refractivity contribution in [1.29, 1.82) is 0 Å². The maximum Gasteiger partial charge on any atom is 1.00 e. The van der Waals surface area contributed by atoms with Gasteiger partial charge in [-0.2, -0.15) is 13.2 Å². The molecule has 0 radical (unpaired) electrons. The van der Waals surface area contributed by atoms with Gasteiger partial charge in [0.05, 0.1) is 5.75 Å². The third kappa shape index (κ3) is 6.04. The topological polar surface area (TPSA) is 138 Å². The van der Waals surface area contributed by atoms with Crippen molar-refractivity contribution < 1.29 is 68.4 Å². The summed E-state index contributed by atoms with van der Waals surface area (Å²) in [5, 5.41) is 18.2. The fourth-order valence-corrected chi connectivity index (χ4v) is 6.61. The molecule has 11 nitrogen and oxygen atoms in total. The minimum Gasteiger partial charge on any atom is -1.00 e. The van der Waals surface area contributed by atoms with Gasteiger partial charge in [-0.3, -0.25) is 19.3 Å². The quantitative estimate of drug-likeness (QED) is 0.157. The fourth-order valence-electron chi connectivity index (χ4n) is 4.58. The van der Waals surface area contributed by atoms with E-state index in [1.54, 1.807) is 11.0 Å². The Balaban J connectivity index is 0.00000220. The van der Waals surface area contributed by atoms with Crippen molar-refractivity contribution in [2.24, 2.45) is 13.0 Å². The Labute approximate surface area is 252 Å². The molecule has 3 fully saturated rings. The van der Waals surface area contributed by atoms with Gasteiger partial charge in [-0.25, -0.2) is 4.79 Å². The van der Waals surface area contributed by atoms with Gasteiger partial charge in [-0.05, 0) is 36.8 Å². The van der Waals surface area contributed by atoms with Crippen molar-refractivity contribution in [3.63, 3.8) is 0 Å². The average molecular weight is 597 g/mol. The molecule has 5 rings (SSSR count). The number of amides is 3. The van der Waals surface area contributed by atoms with E-state index in [1.165, 1.54) is 11.8 Å². The first kappa shape index (κ1) is 30.0. The third-order valence-corrected chi connectivity index (χ3v) is 9.00. The molecule has 2 saturated heterocycles. The number of hydrogen-bond acceptors (Lipinski definition) is 8. The molecule has 39 heavy (non-hydrogen) atoms. The van der Waals surface area contributed by atoms with Crippen LogP contribution < -0.4 is 34.9 Å². The van der Waals surface area contributed by atoms with Gasteiger partial charge >= 0.3 is 41.7 Å². The van der Waals surface area contributed by atoms with Crippen LogP contribution in [0.5, 0.6) is 0 Å². The van der Waals surface area contributed by atoms with Crippen LogP contribution in [-0.4, -0.2) is 89.4 Å². The van der Waals surface area contributed by atoms with Gasteiger partial charge in [-0.15, -0.1) is 22.0 Å². The molecule has 2 atom stereocenters. The molecular formula is C22H24F3N6NaO5S2. The van der Waals surface area contributed by atoms with Crippen molar-refractivity contribution >= 4 is 47.2 Å². The number of nitrogens with zero attached hydrogens (tertiary/aromatic N) is 5. The Morgan fingerprint density at radius 1 is 1.28 bits per heavy atom. The predicted octanol–water partition coefficient (Wildman–Crippen LogP) is -1.65. The largest absolute Gasteiger partial charge is 1.00 e. The Morgan fingerprint density at radius 2 is 2.00 bits per heavy atom. The second kappa shape index (κ2) is 11.5. The molecular weight excluding hydrogens is 572 g/mol. The van der Waals surface area contributed by atoms with Crippen LogP contribution in [0.2, 0.25) is 0 Å². The second-order valence-corrected chi connectivity index (χ2v) is 11.4. The van der Waals surface area contributed by atoms with E-state index in [0.717, 1.165) is 41.1 Å². The van der Waals surface area contributed by atoms with E-state index < -0.39 is 41.2 Å². The normalized spacial score (nSPS) is 24.1. The maximum absolute atomic E-state index is 12.9. The van der Waals surface area contributed by atoms with E-state index in [4.69, 9.17) is 0 Å². The number of hydrogen-bond donors (Lipinski definition) is 2. The van der Waals surface area contributed by atoms with Crippen LogP contribution in [0.15, 0.2) is 28.1 Å². The number of aliphatic carboxylic acids is 1. The van der Waals surface area contributed by atoms with Crippen LogP contribution in [0.1, 0.15) is 26.5 Å². The molecule has 0 aromatic carbocycles. The number of carboxylic acids is 1. The van der Waals surface area contributed by atoms with Crippen LogP contribution in [-0.2, 0) is 32.4 Å². The molecule has 1 aromatic rings. The molecule has 0 unspecified atom stereocenters. The number of carboxylic acid groups (broad SMARTS) is 1. The molecule has 2 N–H and O–H groups in total. The van der Waals surface area contributed by atoms with Crippen molar-refractivity contribution in [2.45, 2.75) is 42.0 Å². The van der Waals surface area contributed by atoms with Crippen LogP contribution in [0.25, 0.3) is 0 Å². The number of alkyl halides is 3. The van der Waals surface area contributed by atoms with Crippen molar-refractivity contribution in [1.82, 2.24) is 29.9 Å². The minimum absolute atomic E-state index is 0. The number of fused-ring (bicyclic) bond motifs is 1. The van der Waals surface area contributed by atoms with Gasteiger partial charge < -0.3 is 21.3 Å². The zero-order chi connectivity index (χ0) is 27.4. The summed E-state index contributed by atoms with van der Waals surface area (Å²) in [4.78, 5) is 53.0. The summed E-state index contributed by atoms with van der Waals surface area (Å²) in [6.45, 7) is 1.30. The van der Waals surface area contributed by atoms with E-state index >= 15 is 0 Å². The Bertz CT molecular complexity index is 1290. The second-order valence-electron chi connectivity index (χ2n) is 9.40. The summed E-state index contributed by atoms with van der Waals surface area (Å²) >= 11 is 2.00. The number of rotatable bonds is 8. The van der Waals surface area contributed by atoms with E-state index in [9.17, 15) is 37.5 Å². The standard InChI is InChI=1S/C22H23F3N6O5S2.Na.H/c1-29-20(22(23,24)25)27-28-21(29)38-9-13(32)26-14-17(34)31-15(19(35)36)12(8-37-18(14)31)6-11-4-5-30(16(11)33)7-10-2-3-10;;/h6,10,14,18H,2-5,7-9H2,1H3,(H,26,32)(H,35,36);;/q;+1;-1/b11-6+;;/t14-,18-;;/m1../s1. The number of carbonyl (C=O) groups excluding carboxylic acids is 3. The number of carbonyl (C=O) groups is 4. The van der Waals surface area contributed by atoms with Crippen LogP contribution >= 0.6 is 23.5 Å². The zero-order valence-electron chi connectivity index (χ0n) is 22.0. The molecule has 1 saturated carbocycles. The van der Waals surface area contributed by atoms with Gasteiger partial charge in [0.25, 0.3) is 5.91 Å². The Morgan fingerprint density at radius 3 is 2.62 bits per heavy atom. The zero-order valence-corrected chi connectivity index (χ0v) is 24.7. The predicted molar refractivity (Wildman–Crippen MR) is 130 cm³/mol. The molecule has 206 valence electrons. The van der Waals surface area contributed by atoms with E-state index in [1.807, 2.05) is 0 Å². The van der Waals surface area contributed by atoms with Crippen molar-refractivity contribution in [2.75, 3.05) is 24.6 Å².